The van der Waals surface area contributed by atoms with Crippen LogP contribution in [-0.4, -0.2) is 18.2 Å². The second-order valence-corrected chi connectivity index (χ2v) is 4.04. The van der Waals surface area contributed by atoms with E-state index in [9.17, 15) is 9.90 Å². The molecular weight excluding hydrogens is 216 g/mol. The van der Waals surface area contributed by atoms with Crippen molar-refractivity contribution in [3.8, 4) is 5.75 Å². The number of methoxy groups -OCH3 is 1. The molecule has 17 heavy (non-hydrogen) atoms. The number of phenolic OH excluding ortho intramolecular Hbond substituents is 1. The van der Waals surface area contributed by atoms with E-state index in [2.05, 4.69) is 0 Å². The van der Waals surface area contributed by atoms with Crippen LogP contribution in [0.4, 0.5) is 0 Å². The zero-order valence-corrected chi connectivity index (χ0v) is 9.81. The summed E-state index contributed by atoms with van der Waals surface area (Å²) >= 11 is 0. The summed E-state index contributed by atoms with van der Waals surface area (Å²) in [4.78, 5) is 11.4. The molecule has 0 radical (unpaired) electrons. The third-order valence-electron chi connectivity index (χ3n) is 2.90. The summed E-state index contributed by atoms with van der Waals surface area (Å²) in [5.74, 6) is -0.285. The molecule has 0 spiro atoms. The van der Waals surface area contributed by atoms with Gasteiger partial charge >= 0.3 is 5.97 Å². The molecule has 3 heteroatoms. The first kappa shape index (κ1) is 11.5. The smallest absolute Gasteiger partial charge is 0.312 e. The van der Waals surface area contributed by atoms with Gasteiger partial charge in [0.1, 0.15) is 5.75 Å². The number of fused-ring (bicyclic) bond motifs is 1. The lowest BCUT2D eigenvalue weighted by atomic mass is 9.98. The first-order chi connectivity index (χ1) is 8.11. The predicted octanol–water partition coefficient (Wildman–Crippen LogP) is 2.82. The van der Waals surface area contributed by atoms with Gasteiger partial charge in [0.25, 0.3) is 0 Å². The van der Waals surface area contributed by atoms with Crippen molar-refractivity contribution in [1.82, 2.24) is 0 Å². The minimum Gasteiger partial charge on any atom is -0.508 e. The number of aromatic hydroxyl groups is 1. The Morgan fingerprint density at radius 1 is 1.18 bits per heavy atom. The molecule has 0 aliphatic rings. The quantitative estimate of drug-likeness (QED) is 0.807. The number of esters is 1. The Morgan fingerprint density at radius 3 is 2.53 bits per heavy atom. The predicted molar refractivity (Wildman–Crippen MR) is 66.0 cm³/mol. The number of hydrogen-bond donors (Lipinski definition) is 1. The van der Waals surface area contributed by atoms with Gasteiger partial charge in [0.05, 0.1) is 13.0 Å². The molecular formula is C14H14O3. The molecule has 0 aliphatic carbocycles. The number of hydrogen-bond acceptors (Lipinski definition) is 3. The van der Waals surface area contributed by atoms with Crippen LogP contribution >= 0.6 is 0 Å². The van der Waals surface area contributed by atoms with Gasteiger partial charge in [0.2, 0.25) is 0 Å². The lowest BCUT2D eigenvalue weighted by molar-refractivity contribution is -0.141. The van der Waals surface area contributed by atoms with Crippen LogP contribution in [0, 0.1) is 0 Å². The minimum absolute atomic E-state index is 0.242. The number of carbonyl (C=O) groups is 1. The zero-order chi connectivity index (χ0) is 12.4. The Labute approximate surface area is 99.6 Å². The van der Waals surface area contributed by atoms with E-state index >= 15 is 0 Å². The maximum Gasteiger partial charge on any atom is 0.312 e. The van der Waals surface area contributed by atoms with Crippen LogP contribution in [0.1, 0.15) is 18.4 Å². The Hall–Kier alpha value is -2.03. The fourth-order valence-electron chi connectivity index (χ4n) is 1.83. The first-order valence-corrected chi connectivity index (χ1v) is 5.42. The summed E-state index contributed by atoms with van der Waals surface area (Å²) in [5.41, 5.74) is 0.912. The van der Waals surface area contributed by atoms with Crippen molar-refractivity contribution in [2.75, 3.05) is 7.11 Å². The SMILES string of the molecule is COC(=O)[C@H](C)c1ccc2cc(O)ccc2c1. The summed E-state index contributed by atoms with van der Waals surface area (Å²) in [6, 6.07) is 10.9. The van der Waals surface area contributed by atoms with E-state index in [0.717, 1.165) is 16.3 Å². The third kappa shape index (κ3) is 2.23. The fourth-order valence-corrected chi connectivity index (χ4v) is 1.83. The van der Waals surface area contributed by atoms with Gasteiger partial charge in [-0.05, 0) is 35.4 Å². The second-order valence-electron chi connectivity index (χ2n) is 4.04. The van der Waals surface area contributed by atoms with Crippen molar-refractivity contribution < 1.29 is 14.6 Å². The molecule has 0 fully saturated rings. The normalized spacial score (nSPS) is 12.4. The van der Waals surface area contributed by atoms with Gasteiger partial charge in [-0.2, -0.15) is 0 Å². The maximum atomic E-state index is 11.4. The average Bonchev–Trinajstić information content (AvgIpc) is 2.36. The second kappa shape index (κ2) is 4.45. The first-order valence-electron chi connectivity index (χ1n) is 5.42. The van der Waals surface area contributed by atoms with E-state index < -0.39 is 0 Å². The van der Waals surface area contributed by atoms with Crippen molar-refractivity contribution >= 4 is 16.7 Å². The van der Waals surface area contributed by atoms with Crippen LogP contribution < -0.4 is 0 Å². The molecule has 2 rings (SSSR count). The summed E-state index contributed by atoms with van der Waals surface area (Å²) in [7, 11) is 1.39. The van der Waals surface area contributed by atoms with Crippen LogP contribution in [0.5, 0.6) is 5.75 Å². The monoisotopic (exact) mass is 230 g/mol. The van der Waals surface area contributed by atoms with Gasteiger partial charge in [-0.3, -0.25) is 4.79 Å². The highest BCUT2D eigenvalue weighted by molar-refractivity contribution is 5.86. The van der Waals surface area contributed by atoms with Gasteiger partial charge in [-0.25, -0.2) is 0 Å². The fraction of sp³-hybridized carbons (Fsp3) is 0.214. The highest BCUT2D eigenvalue weighted by Gasteiger charge is 2.15. The van der Waals surface area contributed by atoms with Crippen molar-refractivity contribution in [3.05, 3.63) is 42.0 Å². The number of carbonyl (C=O) groups excluding carboxylic acids is 1. The molecule has 0 unspecified atom stereocenters. The van der Waals surface area contributed by atoms with Crippen molar-refractivity contribution in [1.29, 1.82) is 0 Å². The van der Waals surface area contributed by atoms with E-state index in [0.29, 0.717) is 0 Å². The van der Waals surface area contributed by atoms with Gasteiger partial charge in [0.15, 0.2) is 0 Å². The number of ether oxygens (including phenoxy) is 1. The number of benzene rings is 2. The van der Waals surface area contributed by atoms with Crippen molar-refractivity contribution in [2.24, 2.45) is 0 Å². The molecule has 1 atom stereocenters. The largest absolute Gasteiger partial charge is 0.508 e. The summed E-state index contributed by atoms with van der Waals surface area (Å²) in [6.45, 7) is 1.81. The molecule has 0 aromatic heterocycles. The summed E-state index contributed by atoms with van der Waals surface area (Å²) in [6.07, 6.45) is 0. The maximum absolute atomic E-state index is 11.4. The molecule has 3 nitrogen and oxygen atoms in total. The zero-order valence-electron chi connectivity index (χ0n) is 9.81. The lowest BCUT2D eigenvalue weighted by Crippen LogP contribution is -2.10. The Bertz CT molecular complexity index is 560. The van der Waals surface area contributed by atoms with E-state index in [-0.39, 0.29) is 17.6 Å². The molecule has 0 amide bonds. The van der Waals surface area contributed by atoms with Crippen LogP contribution in [0.2, 0.25) is 0 Å². The number of phenols is 1. The molecule has 0 bridgehead atoms. The third-order valence-corrected chi connectivity index (χ3v) is 2.90. The Kier molecular flexibility index (Phi) is 3.00. The molecule has 0 aliphatic heterocycles. The van der Waals surface area contributed by atoms with E-state index in [1.807, 2.05) is 31.2 Å². The molecule has 0 heterocycles. The van der Waals surface area contributed by atoms with Gasteiger partial charge in [-0.1, -0.05) is 24.3 Å². The molecule has 2 aromatic carbocycles. The molecule has 1 N–H and O–H groups in total. The summed E-state index contributed by atoms with van der Waals surface area (Å²) in [5, 5.41) is 11.3. The average molecular weight is 230 g/mol. The molecule has 2 aromatic rings. The number of rotatable bonds is 2. The van der Waals surface area contributed by atoms with Crippen LogP contribution in [0.25, 0.3) is 10.8 Å². The molecule has 0 saturated heterocycles. The Balaban J connectivity index is 2.44. The molecule has 88 valence electrons. The Morgan fingerprint density at radius 2 is 1.82 bits per heavy atom. The highest BCUT2D eigenvalue weighted by atomic mass is 16.5. The standard InChI is InChI=1S/C14H14O3/c1-9(14(16)17-2)10-3-4-12-8-13(15)6-5-11(12)7-10/h3-9,15H,1-2H3/t9-/m1/s1. The van der Waals surface area contributed by atoms with Gasteiger partial charge in [0, 0.05) is 0 Å². The van der Waals surface area contributed by atoms with Crippen molar-refractivity contribution in [3.63, 3.8) is 0 Å². The van der Waals surface area contributed by atoms with E-state index in [4.69, 9.17) is 4.74 Å². The van der Waals surface area contributed by atoms with Crippen LogP contribution in [0.3, 0.4) is 0 Å². The minimum atomic E-state index is -0.279. The van der Waals surface area contributed by atoms with Gasteiger partial charge in [-0.15, -0.1) is 0 Å². The van der Waals surface area contributed by atoms with Crippen molar-refractivity contribution in [2.45, 2.75) is 12.8 Å². The van der Waals surface area contributed by atoms with Gasteiger partial charge < -0.3 is 9.84 Å². The lowest BCUT2D eigenvalue weighted by Gasteiger charge is -2.10. The highest BCUT2D eigenvalue weighted by Crippen LogP contribution is 2.25. The van der Waals surface area contributed by atoms with Crippen LogP contribution in [-0.2, 0) is 9.53 Å². The van der Waals surface area contributed by atoms with E-state index in [1.165, 1.54) is 7.11 Å². The summed E-state index contributed by atoms with van der Waals surface area (Å²) < 4.78 is 4.72. The molecule has 0 saturated carbocycles. The topological polar surface area (TPSA) is 46.5 Å². The van der Waals surface area contributed by atoms with Crippen LogP contribution in [0.15, 0.2) is 36.4 Å². The van der Waals surface area contributed by atoms with E-state index in [1.54, 1.807) is 12.1 Å².